The summed E-state index contributed by atoms with van der Waals surface area (Å²) in [6.45, 7) is 3.17. The van der Waals surface area contributed by atoms with Crippen LogP contribution in [0.2, 0.25) is 5.02 Å². The fourth-order valence-corrected chi connectivity index (χ4v) is 3.24. The molecule has 0 saturated heterocycles. The van der Waals surface area contributed by atoms with Crippen LogP contribution in [-0.2, 0) is 12.8 Å². The molecule has 2 aliphatic rings. The first-order valence-electron chi connectivity index (χ1n) is 7.90. The number of anilines is 2. The molecule has 6 heteroatoms. The minimum atomic E-state index is -0.326. The Hall–Kier alpha value is -2.40. The normalized spacial score (nSPS) is 14.4. The summed E-state index contributed by atoms with van der Waals surface area (Å²) in [7, 11) is 0. The first kappa shape index (κ1) is 15.1. The fraction of sp³-hybridized carbons (Fsp3) is 0.278. The standard InChI is InChI=1S/C18H17ClN2O3/c1-10-2-3-12(9-14(10)19)20-18(22)21-16-13-5-7-23-15(13)8-11-4-6-24-17(11)16/h2-3,8-9H,4-7H2,1H3,(H2,20,21,22). The van der Waals surface area contributed by atoms with Crippen LogP contribution in [0.4, 0.5) is 16.2 Å². The molecule has 0 fully saturated rings. The molecule has 2 amide bonds. The molecule has 4 rings (SSSR count). The van der Waals surface area contributed by atoms with Gasteiger partial charge in [-0.3, -0.25) is 0 Å². The smallest absolute Gasteiger partial charge is 0.323 e. The van der Waals surface area contributed by atoms with E-state index in [1.807, 2.05) is 25.1 Å². The second kappa shape index (κ2) is 5.91. The second-order valence-electron chi connectivity index (χ2n) is 5.96. The van der Waals surface area contributed by atoms with Gasteiger partial charge in [0.25, 0.3) is 0 Å². The van der Waals surface area contributed by atoms with Crippen molar-refractivity contribution in [1.29, 1.82) is 0 Å². The Bertz CT molecular complexity index is 803. The van der Waals surface area contributed by atoms with E-state index in [0.29, 0.717) is 29.6 Å². The highest BCUT2D eigenvalue weighted by Gasteiger charge is 2.27. The molecule has 0 aliphatic carbocycles. The zero-order chi connectivity index (χ0) is 16.7. The molecule has 2 N–H and O–H groups in total. The van der Waals surface area contributed by atoms with Crippen molar-refractivity contribution in [2.24, 2.45) is 0 Å². The van der Waals surface area contributed by atoms with Crippen LogP contribution in [0.3, 0.4) is 0 Å². The Labute approximate surface area is 144 Å². The molecule has 0 radical (unpaired) electrons. The van der Waals surface area contributed by atoms with E-state index in [-0.39, 0.29) is 6.03 Å². The van der Waals surface area contributed by atoms with E-state index in [9.17, 15) is 4.79 Å². The molecule has 0 unspecified atom stereocenters. The monoisotopic (exact) mass is 344 g/mol. The lowest BCUT2D eigenvalue weighted by Crippen LogP contribution is -2.20. The number of nitrogens with one attached hydrogen (secondary N) is 2. The minimum absolute atomic E-state index is 0.326. The molecule has 0 saturated carbocycles. The number of urea groups is 1. The zero-order valence-corrected chi connectivity index (χ0v) is 14.0. The topological polar surface area (TPSA) is 59.6 Å². The van der Waals surface area contributed by atoms with Gasteiger partial charge in [0.2, 0.25) is 0 Å². The number of benzene rings is 2. The van der Waals surface area contributed by atoms with Crippen LogP contribution >= 0.6 is 11.6 Å². The van der Waals surface area contributed by atoms with Crippen molar-refractivity contribution >= 4 is 29.0 Å². The third-order valence-corrected chi connectivity index (χ3v) is 4.73. The van der Waals surface area contributed by atoms with Gasteiger partial charge in [-0.25, -0.2) is 4.79 Å². The van der Waals surface area contributed by atoms with Gasteiger partial charge in [-0.15, -0.1) is 0 Å². The number of hydrogen-bond acceptors (Lipinski definition) is 3. The number of fused-ring (bicyclic) bond motifs is 2. The van der Waals surface area contributed by atoms with Crippen molar-refractivity contribution in [2.75, 3.05) is 23.8 Å². The van der Waals surface area contributed by atoms with E-state index >= 15 is 0 Å². The van der Waals surface area contributed by atoms with E-state index in [1.54, 1.807) is 6.07 Å². The van der Waals surface area contributed by atoms with Crippen molar-refractivity contribution in [1.82, 2.24) is 0 Å². The summed E-state index contributed by atoms with van der Waals surface area (Å²) in [5, 5.41) is 6.35. The molecule has 2 aliphatic heterocycles. The van der Waals surface area contributed by atoms with Gasteiger partial charge in [-0.1, -0.05) is 17.7 Å². The van der Waals surface area contributed by atoms with Gasteiger partial charge in [-0.2, -0.15) is 0 Å². The van der Waals surface area contributed by atoms with Gasteiger partial charge in [0.05, 0.1) is 18.9 Å². The Morgan fingerprint density at radius 3 is 2.79 bits per heavy atom. The van der Waals surface area contributed by atoms with Crippen LogP contribution in [0, 0.1) is 6.92 Å². The van der Waals surface area contributed by atoms with Crippen LogP contribution in [0.25, 0.3) is 0 Å². The molecular formula is C18H17ClN2O3. The van der Waals surface area contributed by atoms with Crippen molar-refractivity contribution < 1.29 is 14.3 Å². The minimum Gasteiger partial charge on any atom is -0.493 e. The highest BCUT2D eigenvalue weighted by Crippen LogP contribution is 2.44. The van der Waals surface area contributed by atoms with Crippen molar-refractivity contribution in [3.63, 3.8) is 0 Å². The molecule has 0 aromatic heterocycles. The molecule has 2 aromatic rings. The first-order chi connectivity index (χ1) is 11.6. The average Bonchev–Trinajstić information content (AvgIpc) is 3.19. The Morgan fingerprint density at radius 2 is 1.96 bits per heavy atom. The molecule has 0 bridgehead atoms. The van der Waals surface area contributed by atoms with E-state index in [1.165, 1.54) is 0 Å². The van der Waals surface area contributed by atoms with Gasteiger partial charge < -0.3 is 20.1 Å². The van der Waals surface area contributed by atoms with Gasteiger partial charge in [0.15, 0.2) is 0 Å². The lowest BCUT2D eigenvalue weighted by molar-refractivity contribution is 0.262. The molecule has 0 atom stereocenters. The summed E-state index contributed by atoms with van der Waals surface area (Å²) in [4.78, 5) is 12.4. The van der Waals surface area contributed by atoms with Crippen LogP contribution in [0.15, 0.2) is 24.3 Å². The third-order valence-electron chi connectivity index (χ3n) is 4.32. The van der Waals surface area contributed by atoms with E-state index < -0.39 is 0 Å². The number of ether oxygens (including phenoxy) is 2. The maximum absolute atomic E-state index is 12.4. The molecule has 24 heavy (non-hydrogen) atoms. The lowest BCUT2D eigenvalue weighted by atomic mass is 10.0. The molecule has 0 spiro atoms. The van der Waals surface area contributed by atoms with Gasteiger partial charge in [0.1, 0.15) is 11.5 Å². The number of carbonyl (C=O) groups is 1. The van der Waals surface area contributed by atoms with Gasteiger partial charge >= 0.3 is 6.03 Å². The molecule has 5 nitrogen and oxygen atoms in total. The number of rotatable bonds is 2. The molecular weight excluding hydrogens is 328 g/mol. The maximum atomic E-state index is 12.4. The van der Waals surface area contributed by atoms with Crippen LogP contribution < -0.4 is 20.1 Å². The van der Waals surface area contributed by atoms with Gasteiger partial charge in [-0.05, 0) is 30.7 Å². The maximum Gasteiger partial charge on any atom is 0.323 e. The summed E-state index contributed by atoms with van der Waals surface area (Å²) in [6.07, 6.45) is 1.59. The average molecular weight is 345 g/mol. The van der Waals surface area contributed by atoms with Crippen molar-refractivity contribution in [3.8, 4) is 11.5 Å². The largest absolute Gasteiger partial charge is 0.493 e. The van der Waals surface area contributed by atoms with Crippen LogP contribution in [-0.4, -0.2) is 19.2 Å². The summed E-state index contributed by atoms with van der Waals surface area (Å²) in [5.74, 6) is 1.60. The fourth-order valence-electron chi connectivity index (χ4n) is 3.06. The van der Waals surface area contributed by atoms with Crippen molar-refractivity contribution in [2.45, 2.75) is 19.8 Å². The highest BCUT2D eigenvalue weighted by molar-refractivity contribution is 6.31. The Balaban J connectivity index is 1.59. The molecule has 2 heterocycles. The Morgan fingerprint density at radius 1 is 1.12 bits per heavy atom. The van der Waals surface area contributed by atoms with E-state index in [2.05, 4.69) is 10.6 Å². The number of carbonyl (C=O) groups excluding carboxylic acids is 1. The van der Waals surface area contributed by atoms with Crippen molar-refractivity contribution in [3.05, 3.63) is 46.0 Å². The quantitative estimate of drug-likeness (QED) is 0.859. The lowest BCUT2D eigenvalue weighted by Gasteiger charge is -2.15. The first-order valence-corrected chi connectivity index (χ1v) is 8.28. The summed E-state index contributed by atoms with van der Waals surface area (Å²) >= 11 is 6.10. The molecule has 124 valence electrons. The molecule has 2 aromatic carbocycles. The summed E-state index contributed by atoms with van der Waals surface area (Å²) < 4.78 is 11.4. The SMILES string of the molecule is Cc1ccc(NC(=O)Nc2c3c(cc4c2OCC4)OCC3)cc1Cl. The number of aryl methyl sites for hydroxylation is 1. The third kappa shape index (κ3) is 2.65. The predicted octanol–water partition coefficient (Wildman–Crippen LogP) is 4.16. The van der Waals surface area contributed by atoms with Crippen LogP contribution in [0.5, 0.6) is 11.5 Å². The highest BCUT2D eigenvalue weighted by atomic mass is 35.5. The second-order valence-corrected chi connectivity index (χ2v) is 6.36. The number of halogens is 1. The zero-order valence-electron chi connectivity index (χ0n) is 13.2. The van der Waals surface area contributed by atoms with E-state index in [4.69, 9.17) is 21.1 Å². The number of hydrogen-bond donors (Lipinski definition) is 2. The predicted molar refractivity (Wildman–Crippen MR) is 93.7 cm³/mol. The Kier molecular flexibility index (Phi) is 3.73. The van der Waals surface area contributed by atoms with Gasteiger partial charge in [0, 0.05) is 34.7 Å². The van der Waals surface area contributed by atoms with Crippen LogP contribution in [0.1, 0.15) is 16.7 Å². The summed E-state index contributed by atoms with van der Waals surface area (Å²) in [5.41, 5.74) is 4.39. The summed E-state index contributed by atoms with van der Waals surface area (Å²) in [6, 6.07) is 7.11. The number of amides is 2. The van der Waals surface area contributed by atoms with E-state index in [0.717, 1.165) is 41.0 Å².